The van der Waals surface area contributed by atoms with Crippen molar-refractivity contribution in [2.45, 2.75) is 12.8 Å². The second-order valence-corrected chi connectivity index (χ2v) is 9.13. The van der Waals surface area contributed by atoms with Crippen molar-refractivity contribution in [1.82, 2.24) is 20.2 Å². The van der Waals surface area contributed by atoms with E-state index in [9.17, 15) is 0 Å². The molecule has 4 heterocycles. The fraction of sp³-hybridized carbons (Fsp3) is 0.440. The molecule has 2 aliphatic heterocycles. The molecule has 3 aliphatic rings. The van der Waals surface area contributed by atoms with E-state index >= 15 is 0 Å². The number of hydrogen-bond donors (Lipinski definition) is 1. The van der Waals surface area contributed by atoms with E-state index in [0.717, 1.165) is 55.6 Å². The number of nitrogens with zero attached hydrogens (tertiary/aromatic N) is 3. The van der Waals surface area contributed by atoms with Gasteiger partial charge in [-0.15, -0.1) is 0 Å². The first-order chi connectivity index (χ1) is 15.1. The van der Waals surface area contributed by atoms with Gasteiger partial charge in [0.05, 0.1) is 12.8 Å². The van der Waals surface area contributed by atoms with Crippen molar-refractivity contribution in [3.8, 4) is 5.75 Å². The van der Waals surface area contributed by atoms with E-state index in [1.807, 2.05) is 18.3 Å². The second-order valence-electron chi connectivity index (χ2n) is 8.74. The Labute approximate surface area is 190 Å². The number of likely N-dealkylation sites (tertiary alicyclic amines) is 1. The smallest absolute Gasteiger partial charge is 0.138 e. The van der Waals surface area contributed by atoms with Crippen LogP contribution in [0.3, 0.4) is 0 Å². The third-order valence-corrected chi connectivity index (χ3v) is 5.92. The highest BCUT2D eigenvalue weighted by Gasteiger charge is 2.22. The summed E-state index contributed by atoms with van der Waals surface area (Å²) in [6.45, 7) is 5.38. The Hall–Kier alpha value is -2.21. The molecule has 2 aromatic rings. The monoisotopic (exact) mass is 438 g/mol. The molecule has 1 N–H and O–H groups in total. The number of halogens is 1. The summed E-state index contributed by atoms with van der Waals surface area (Å²) in [7, 11) is 2.13. The fourth-order valence-electron chi connectivity index (χ4n) is 3.40. The van der Waals surface area contributed by atoms with Crippen LogP contribution in [0, 0.1) is 17.8 Å². The van der Waals surface area contributed by atoms with Crippen LogP contribution in [-0.4, -0.2) is 54.7 Å². The summed E-state index contributed by atoms with van der Waals surface area (Å²) in [5.41, 5.74) is 2.24. The summed E-state index contributed by atoms with van der Waals surface area (Å²) in [5.74, 6) is 3.07. The van der Waals surface area contributed by atoms with Crippen molar-refractivity contribution in [1.29, 1.82) is 0 Å². The van der Waals surface area contributed by atoms with Gasteiger partial charge in [-0.25, -0.2) is 4.98 Å². The minimum Gasteiger partial charge on any atom is -0.492 e. The van der Waals surface area contributed by atoms with E-state index in [0.29, 0.717) is 17.0 Å². The Morgan fingerprint density at radius 1 is 1.06 bits per heavy atom. The molecule has 0 aromatic carbocycles. The van der Waals surface area contributed by atoms with Crippen LogP contribution in [0.15, 0.2) is 48.9 Å². The lowest BCUT2D eigenvalue weighted by atomic mass is 10.00. The van der Waals surface area contributed by atoms with E-state index in [4.69, 9.17) is 16.3 Å². The molecular formula is C25H31ClN4O. The van der Waals surface area contributed by atoms with E-state index < -0.39 is 0 Å². The van der Waals surface area contributed by atoms with E-state index in [1.54, 1.807) is 12.4 Å². The zero-order valence-corrected chi connectivity index (χ0v) is 18.8. The van der Waals surface area contributed by atoms with E-state index in [2.05, 4.69) is 57.6 Å². The summed E-state index contributed by atoms with van der Waals surface area (Å²) in [6, 6.07) is 5.86. The van der Waals surface area contributed by atoms with Crippen molar-refractivity contribution in [3.05, 3.63) is 65.2 Å². The molecule has 2 aromatic heterocycles. The van der Waals surface area contributed by atoms with Crippen LogP contribution in [-0.2, 0) is 0 Å². The lowest BCUT2D eigenvalue weighted by Gasteiger charge is -2.34. The second kappa shape index (κ2) is 10.9. The molecule has 0 bridgehead atoms. The van der Waals surface area contributed by atoms with Gasteiger partial charge in [-0.1, -0.05) is 42.0 Å². The van der Waals surface area contributed by atoms with Crippen LogP contribution in [0.4, 0.5) is 0 Å². The van der Waals surface area contributed by atoms with E-state index in [-0.39, 0.29) is 0 Å². The molecule has 164 valence electrons. The number of nitrogens with one attached hydrogen (secondary N) is 1. The van der Waals surface area contributed by atoms with Gasteiger partial charge in [0.15, 0.2) is 0 Å². The van der Waals surface area contributed by atoms with Crippen LogP contribution >= 0.6 is 11.6 Å². The van der Waals surface area contributed by atoms with Gasteiger partial charge in [0.25, 0.3) is 0 Å². The molecule has 0 amide bonds. The van der Waals surface area contributed by atoms with Gasteiger partial charge in [0.2, 0.25) is 0 Å². The number of aromatic nitrogens is 2. The Kier molecular flexibility index (Phi) is 7.73. The molecule has 1 saturated carbocycles. The quantitative estimate of drug-likeness (QED) is 0.649. The summed E-state index contributed by atoms with van der Waals surface area (Å²) in [6.07, 6.45) is 16.9. The highest BCUT2D eigenvalue weighted by Crippen LogP contribution is 2.29. The fourth-order valence-corrected chi connectivity index (χ4v) is 3.51. The van der Waals surface area contributed by atoms with E-state index in [1.165, 1.54) is 12.8 Å². The first-order valence-corrected chi connectivity index (χ1v) is 11.5. The minimum atomic E-state index is 0.547. The first kappa shape index (κ1) is 22.0. The Balaban J connectivity index is 0.000000152. The molecule has 0 spiro atoms. The molecule has 0 unspecified atom stereocenters. The first-order valence-electron chi connectivity index (χ1n) is 11.1. The maximum absolute atomic E-state index is 5.71. The van der Waals surface area contributed by atoms with Crippen LogP contribution in [0.2, 0.25) is 5.15 Å². The summed E-state index contributed by atoms with van der Waals surface area (Å²) >= 11 is 5.69. The summed E-state index contributed by atoms with van der Waals surface area (Å²) in [5, 5.41) is 3.80. The zero-order chi connectivity index (χ0) is 21.5. The SMILES string of the molecule is C(=C\C1CNC1)/c1cncc(OCC2CC2)c1.CN1CC(/C=C/c2ccc(Cl)nc2)C1. The molecule has 0 atom stereocenters. The van der Waals surface area contributed by atoms with Gasteiger partial charge in [-0.2, -0.15) is 0 Å². The van der Waals surface area contributed by atoms with Gasteiger partial charge < -0.3 is 15.0 Å². The van der Waals surface area contributed by atoms with Gasteiger partial charge >= 0.3 is 0 Å². The molecule has 3 fully saturated rings. The molecule has 1 aliphatic carbocycles. The molecule has 0 radical (unpaired) electrons. The molecular weight excluding hydrogens is 408 g/mol. The maximum Gasteiger partial charge on any atom is 0.138 e. The topological polar surface area (TPSA) is 50.3 Å². The Bertz CT molecular complexity index is 885. The van der Waals surface area contributed by atoms with Crippen LogP contribution < -0.4 is 10.1 Å². The summed E-state index contributed by atoms with van der Waals surface area (Å²) < 4.78 is 5.71. The predicted octanol–water partition coefficient (Wildman–Crippen LogP) is 4.41. The van der Waals surface area contributed by atoms with Crippen molar-refractivity contribution in [3.63, 3.8) is 0 Å². The minimum absolute atomic E-state index is 0.547. The van der Waals surface area contributed by atoms with Crippen LogP contribution in [0.1, 0.15) is 24.0 Å². The normalized spacial score (nSPS) is 19.7. The number of rotatable bonds is 7. The third-order valence-electron chi connectivity index (χ3n) is 5.69. The Morgan fingerprint density at radius 3 is 2.48 bits per heavy atom. The van der Waals surface area contributed by atoms with Crippen LogP contribution in [0.25, 0.3) is 12.2 Å². The lowest BCUT2D eigenvalue weighted by Crippen LogP contribution is -2.42. The molecule has 31 heavy (non-hydrogen) atoms. The van der Waals surface area contributed by atoms with Crippen molar-refractivity contribution in [2.75, 3.05) is 39.8 Å². The molecule has 2 saturated heterocycles. The maximum atomic E-state index is 5.71. The van der Waals surface area contributed by atoms with Gasteiger partial charge in [0, 0.05) is 50.4 Å². The largest absolute Gasteiger partial charge is 0.492 e. The number of hydrogen-bond acceptors (Lipinski definition) is 5. The Morgan fingerprint density at radius 2 is 1.84 bits per heavy atom. The molecule has 6 heteroatoms. The van der Waals surface area contributed by atoms with Crippen molar-refractivity contribution in [2.24, 2.45) is 17.8 Å². The van der Waals surface area contributed by atoms with Gasteiger partial charge in [-0.05, 0) is 49.1 Å². The zero-order valence-electron chi connectivity index (χ0n) is 18.1. The van der Waals surface area contributed by atoms with Crippen molar-refractivity contribution >= 4 is 23.8 Å². The summed E-state index contributed by atoms with van der Waals surface area (Å²) in [4.78, 5) is 10.5. The third kappa shape index (κ3) is 7.46. The lowest BCUT2D eigenvalue weighted by molar-refractivity contribution is 0.170. The standard InChI is InChI=1S/C14H18N2O.C11H13ClN2/c1-2-11(1)10-17-14-5-12(6-16-9-14)3-4-13-7-15-8-13;1-14-7-10(8-14)3-2-9-4-5-11(12)13-6-9/h3-6,9,11,13,15H,1-2,7-8,10H2;2-6,10H,7-8H2,1H3/b4-3+;3-2+. The molecule has 5 rings (SSSR count). The molecule has 5 nitrogen and oxygen atoms in total. The van der Waals surface area contributed by atoms with Gasteiger partial charge in [0.1, 0.15) is 10.9 Å². The average molecular weight is 439 g/mol. The van der Waals surface area contributed by atoms with Crippen molar-refractivity contribution < 1.29 is 4.74 Å². The van der Waals surface area contributed by atoms with Gasteiger partial charge in [-0.3, -0.25) is 4.98 Å². The number of ether oxygens (including phenoxy) is 1. The highest BCUT2D eigenvalue weighted by atomic mass is 35.5. The number of pyridine rings is 2. The van der Waals surface area contributed by atoms with Crippen LogP contribution in [0.5, 0.6) is 5.75 Å². The highest BCUT2D eigenvalue weighted by molar-refractivity contribution is 6.29. The predicted molar refractivity (Wildman–Crippen MR) is 127 cm³/mol. The average Bonchev–Trinajstić information content (AvgIpc) is 3.54.